The second-order valence-corrected chi connectivity index (χ2v) is 10.7. The van der Waals surface area contributed by atoms with Gasteiger partial charge in [0.15, 0.2) is 0 Å². The molecular weight excluding hydrogens is 548 g/mol. The predicted molar refractivity (Wildman–Crippen MR) is 156 cm³/mol. The highest BCUT2D eigenvalue weighted by Gasteiger charge is 2.21. The molecule has 0 unspecified atom stereocenters. The van der Waals surface area contributed by atoms with Crippen molar-refractivity contribution >= 4 is 39.4 Å². The van der Waals surface area contributed by atoms with Gasteiger partial charge in [0.25, 0.3) is 11.8 Å². The van der Waals surface area contributed by atoms with Gasteiger partial charge in [0, 0.05) is 35.2 Å². The summed E-state index contributed by atoms with van der Waals surface area (Å²) in [5.41, 5.74) is 8.43. The molecule has 0 radical (unpaired) electrons. The van der Waals surface area contributed by atoms with Crippen LogP contribution < -0.4 is 16.4 Å². The zero-order valence-electron chi connectivity index (χ0n) is 23.2. The van der Waals surface area contributed by atoms with E-state index in [1.54, 1.807) is 67.6 Å². The van der Waals surface area contributed by atoms with Crippen molar-refractivity contribution in [2.24, 2.45) is 11.7 Å². The largest absolute Gasteiger partial charge is 0.748 e. The number of nitrogen functional groups attached to an aromatic ring is 1. The molecule has 41 heavy (non-hydrogen) atoms. The molecule has 5 N–H and O–H groups in total. The summed E-state index contributed by atoms with van der Waals surface area (Å²) in [4.78, 5) is 38.7. The van der Waals surface area contributed by atoms with Gasteiger partial charge in [0.1, 0.15) is 5.84 Å². The highest BCUT2D eigenvalue weighted by atomic mass is 32.2. The van der Waals surface area contributed by atoms with Gasteiger partial charge >= 0.3 is 5.97 Å². The SMILES string of the molecule is CCOC(=O)c1cc(C(=O)NCC(C)C)ccc1-c1ccccc1C(=O)Nc1ccc(C(=N)N)cc1.CS(=O)(=O)[O-]. The lowest BCUT2D eigenvalue weighted by Crippen LogP contribution is -2.27. The molecule has 0 bridgehead atoms. The van der Waals surface area contributed by atoms with Crippen LogP contribution in [-0.4, -0.2) is 56.0 Å². The molecular formula is C29H33N4O7S-. The maximum Gasteiger partial charge on any atom is 0.338 e. The smallest absolute Gasteiger partial charge is 0.338 e. The van der Waals surface area contributed by atoms with E-state index in [0.717, 1.165) is 0 Å². The Morgan fingerprint density at radius 2 is 1.49 bits per heavy atom. The predicted octanol–water partition coefficient (Wildman–Crippen LogP) is 3.61. The third kappa shape index (κ3) is 10.5. The number of hydrogen-bond donors (Lipinski definition) is 4. The van der Waals surface area contributed by atoms with Crippen LogP contribution in [0, 0.1) is 11.3 Å². The van der Waals surface area contributed by atoms with Crippen molar-refractivity contribution in [2.45, 2.75) is 20.8 Å². The minimum atomic E-state index is -3.92. The Hall–Kier alpha value is -4.55. The van der Waals surface area contributed by atoms with Gasteiger partial charge < -0.3 is 25.7 Å². The number of amides is 2. The molecule has 3 rings (SSSR count). The highest BCUT2D eigenvalue weighted by molar-refractivity contribution is 7.84. The van der Waals surface area contributed by atoms with Crippen molar-refractivity contribution in [1.29, 1.82) is 5.41 Å². The van der Waals surface area contributed by atoms with Crippen LogP contribution in [0.5, 0.6) is 0 Å². The van der Waals surface area contributed by atoms with Gasteiger partial charge in [-0.1, -0.05) is 38.1 Å². The van der Waals surface area contributed by atoms with Crippen LogP contribution in [0.15, 0.2) is 66.7 Å². The molecule has 0 atom stereocenters. The number of esters is 1. The Kier molecular flexibility index (Phi) is 11.7. The molecule has 0 fully saturated rings. The Balaban J connectivity index is 0.00000108. The average molecular weight is 582 g/mol. The first-order chi connectivity index (χ1) is 19.2. The first-order valence-corrected chi connectivity index (χ1v) is 14.4. The third-order valence-electron chi connectivity index (χ3n) is 5.36. The van der Waals surface area contributed by atoms with Gasteiger partial charge in [-0.05, 0) is 66.4 Å². The molecule has 0 aliphatic carbocycles. The Morgan fingerprint density at radius 1 is 0.927 bits per heavy atom. The second kappa shape index (κ2) is 14.7. The zero-order chi connectivity index (χ0) is 30.7. The summed E-state index contributed by atoms with van der Waals surface area (Å²) in [5, 5.41) is 13.2. The molecule has 0 aliphatic rings. The van der Waals surface area contributed by atoms with E-state index in [1.807, 2.05) is 13.8 Å². The number of nitrogens with one attached hydrogen (secondary N) is 3. The molecule has 0 saturated heterocycles. The van der Waals surface area contributed by atoms with Crippen molar-refractivity contribution in [1.82, 2.24) is 5.32 Å². The van der Waals surface area contributed by atoms with Gasteiger partial charge in [-0.3, -0.25) is 15.0 Å². The van der Waals surface area contributed by atoms with Crippen molar-refractivity contribution < 1.29 is 32.1 Å². The molecule has 0 aliphatic heterocycles. The minimum Gasteiger partial charge on any atom is -0.748 e. The third-order valence-corrected chi connectivity index (χ3v) is 5.36. The molecule has 11 nitrogen and oxygen atoms in total. The van der Waals surface area contributed by atoms with Crippen molar-refractivity contribution in [2.75, 3.05) is 24.7 Å². The molecule has 218 valence electrons. The molecule has 3 aromatic carbocycles. The topological polar surface area (TPSA) is 192 Å². The minimum absolute atomic E-state index is 0.0638. The number of anilines is 1. The van der Waals surface area contributed by atoms with Crippen LogP contribution >= 0.6 is 0 Å². The summed E-state index contributed by atoms with van der Waals surface area (Å²) in [5.74, 6) is -1.04. The molecule has 2 amide bonds. The fraction of sp³-hybridized carbons (Fsp3) is 0.241. The van der Waals surface area contributed by atoms with Gasteiger partial charge in [0.2, 0.25) is 0 Å². The van der Waals surface area contributed by atoms with Crippen LogP contribution in [-0.2, 0) is 14.9 Å². The number of rotatable bonds is 9. The number of benzene rings is 3. The molecule has 12 heteroatoms. The summed E-state index contributed by atoms with van der Waals surface area (Å²) in [6.07, 6.45) is 0.604. The number of amidine groups is 1. The van der Waals surface area contributed by atoms with E-state index in [2.05, 4.69) is 10.6 Å². The van der Waals surface area contributed by atoms with E-state index in [4.69, 9.17) is 28.9 Å². The monoisotopic (exact) mass is 581 g/mol. The summed E-state index contributed by atoms with van der Waals surface area (Å²) in [6, 6.07) is 18.3. The zero-order valence-corrected chi connectivity index (χ0v) is 24.0. The van der Waals surface area contributed by atoms with Crippen molar-refractivity contribution in [3.8, 4) is 11.1 Å². The van der Waals surface area contributed by atoms with Crippen LogP contribution in [0.4, 0.5) is 5.69 Å². The van der Waals surface area contributed by atoms with Crippen molar-refractivity contribution in [3.05, 3.63) is 89.0 Å². The number of hydrogen-bond acceptors (Lipinski definition) is 8. The highest BCUT2D eigenvalue weighted by Crippen LogP contribution is 2.29. The first kappa shape index (κ1) is 32.7. The van der Waals surface area contributed by atoms with E-state index in [1.165, 1.54) is 6.07 Å². The van der Waals surface area contributed by atoms with Crippen LogP contribution in [0.2, 0.25) is 0 Å². The summed E-state index contributed by atoms with van der Waals surface area (Å²) in [6.45, 7) is 6.36. The van der Waals surface area contributed by atoms with E-state index < -0.39 is 16.1 Å². The fourth-order valence-corrected chi connectivity index (χ4v) is 3.54. The maximum absolute atomic E-state index is 13.2. The molecule has 0 heterocycles. The van der Waals surface area contributed by atoms with E-state index >= 15 is 0 Å². The summed E-state index contributed by atoms with van der Waals surface area (Å²) in [7, 11) is -3.92. The number of carbonyl (C=O) groups excluding carboxylic acids is 3. The molecule has 0 spiro atoms. The van der Waals surface area contributed by atoms with Crippen LogP contribution in [0.25, 0.3) is 11.1 Å². The normalized spacial score (nSPS) is 10.7. The number of nitrogens with two attached hydrogens (primary N) is 1. The number of carbonyl (C=O) groups is 3. The Labute approximate surface area is 239 Å². The van der Waals surface area contributed by atoms with Gasteiger partial charge in [-0.25, -0.2) is 13.2 Å². The lowest BCUT2D eigenvalue weighted by atomic mass is 9.93. The van der Waals surface area contributed by atoms with E-state index in [0.29, 0.717) is 46.3 Å². The van der Waals surface area contributed by atoms with Gasteiger partial charge in [-0.15, -0.1) is 0 Å². The molecule has 3 aromatic rings. The molecule has 0 saturated carbocycles. The van der Waals surface area contributed by atoms with Crippen LogP contribution in [0.3, 0.4) is 0 Å². The fourth-order valence-electron chi connectivity index (χ4n) is 3.54. The quantitative estimate of drug-likeness (QED) is 0.127. The maximum atomic E-state index is 13.2. The Bertz CT molecular complexity index is 1510. The molecule has 0 aromatic heterocycles. The first-order valence-electron chi connectivity index (χ1n) is 12.6. The lowest BCUT2D eigenvalue weighted by Gasteiger charge is -2.15. The van der Waals surface area contributed by atoms with E-state index in [9.17, 15) is 14.4 Å². The van der Waals surface area contributed by atoms with Gasteiger partial charge in [-0.2, -0.15) is 0 Å². The standard InChI is InChI=1S/C28H30N4O4.CH4O3S/c1-4-36-28(35)24-15-19(26(33)31-16-17(2)3)11-14-22(24)21-7-5-6-8-23(21)27(34)32-20-12-9-18(10-13-20)25(29)30;1-5(2,3)4/h5-15,17H,4,16H2,1-3H3,(H3,29,30)(H,31,33)(H,32,34);1H3,(H,2,3,4)/p-1. The average Bonchev–Trinajstić information content (AvgIpc) is 2.91. The Morgan fingerprint density at radius 3 is 2.05 bits per heavy atom. The van der Waals surface area contributed by atoms with Gasteiger partial charge in [0.05, 0.1) is 22.3 Å². The van der Waals surface area contributed by atoms with E-state index in [-0.39, 0.29) is 35.7 Å². The van der Waals surface area contributed by atoms with Crippen LogP contribution in [0.1, 0.15) is 57.4 Å². The number of ether oxygens (including phenoxy) is 1. The van der Waals surface area contributed by atoms with Crippen molar-refractivity contribution in [3.63, 3.8) is 0 Å². The summed E-state index contributed by atoms with van der Waals surface area (Å²) >= 11 is 0. The lowest BCUT2D eigenvalue weighted by molar-refractivity contribution is 0.0527. The summed E-state index contributed by atoms with van der Waals surface area (Å²) < 4.78 is 32.5. The second-order valence-electron chi connectivity index (χ2n) is 9.28.